The van der Waals surface area contributed by atoms with E-state index in [1.807, 2.05) is 0 Å². The van der Waals surface area contributed by atoms with E-state index in [0.717, 1.165) is 0 Å². The zero-order valence-corrected chi connectivity index (χ0v) is 6.43. The summed E-state index contributed by atoms with van der Waals surface area (Å²) in [6.07, 6.45) is 0. The highest BCUT2D eigenvalue weighted by Gasteiger charge is 2.44. The Kier molecular flexibility index (Phi) is 2.69. The summed E-state index contributed by atoms with van der Waals surface area (Å²) in [5.74, 6) is 0. The zero-order valence-electron chi connectivity index (χ0n) is 3.41. The van der Waals surface area contributed by atoms with Gasteiger partial charge in [0.25, 0.3) is 9.04 Å². The topological polar surface area (TPSA) is 40.5 Å². The fourth-order valence-electron chi connectivity index (χ4n) is 0. The number of hydrogen-bond acceptors (Lipinski definition) is 2. The minimum Gasteiger partial charge on any atom is -0.350 e. The van der Waals surface area contributed by atoms with E-state index in [-0.39, 0.29) is 0 Å². The quantitative estimate of drug-likeness (QED) is 0.456. The average molecular weight is 200 g/mol. The van der Waals surface area contributed by atoms with E-state index in [9.17, 15) is 0 Å². The SMILES string of the molecule is OC(O)(Cl)C(Cl)(Cl)Cl. The van der Waals surface area contributed by atoms with E-state index in [2.05, 4.69) is 0 Å². The minimum atomic E-state index is -2.79. The molecule has 50 valence electrons. The van der Waals surface area contributed by atoms with Crippen molar-refractivity contribution in [2.75, 3.05) is 0 Å². The summed E-state index contributed by atoms with van der Waals surface area (Å²) in [4.78, 5) is 0. The first-order valence-electron chi connectivity index (χ1n) is 1.45. The highest BCUT2D eigenvalue weighted by Crippen LogP contribution is 2.38. The summed E-state index contributed by atoms with van der Waals surface area (Å²) < 4.78 is -2.27. The van der Waals surface area contributed by atoms with Crippen molar-refractivity contribution < 1.29 is 10.2 Å². The Morgan fingerprint density at radius 2 is 1.00 bits per heavy atom. The molecule has 6 heteroatoms. The molecule has 0 spiro atoms. The highest BCUT2D eigenvalue weighted by atomic mass is 35.6. The minimum absolute atomic E-state index is 2.27. The standard InChI is InChI=1S/C2H2Cl4O2/c3-1(4,5)2(6,7)8/h7-8H. The normalized spacial score (nSPS) is 14.2. The Labute approximate surface area is 65.9 Å². The van der Waals surface area contributed by atoms with Gasteiger partial charge in [-0.2, -0.15) is 0 Å². The van der Waals surface area contributed by atoms with E-state index < -0.39 is 9.04 Å². The van der Waals surface area contributed by atoms with Gasteiger partial charge in [0.2, 0.25) is 0 Å². The maximum atomic E-state index is 8.28. The molecular formula is C2H2Cl4O2. The molecule has 0 aliphatic rings. The molecule has 0 saturated carbocycles. The van der Waals surface area contributed by atoms with E-state index in [0.29, 0.717) is 0 Å². The summed E-state index contributed by atoms with van der Waals surface area (Å²) in [5.41, 5.74) is 0. The smallest absolute Gasteiger partial charge is 0.292 e. The Morgan fingerprint density at radius 1 is 0.875 bits per heavy atom. The molecule has 0 amide bonds. The van der Waals surface area contributed by atoms with E-state index in [4.69, 9.17) is 56.6 Å². The molecule has 8 heavy (non-hydrogen) atoms. The molecule has 0 atom stereocenters. The first-order valence-corrected chi connectivity index (χ1v) is 2.97. The first kappa shape index (κ1) is 9.08. The molecule has 0 heterocycles. The molecule has 0 rings (SSSR count). The van der Waals surface area contributed by atoms with Gasteiger partial charge < -0.3 is 10.2 Å². The number of halogens is 4. The van der Waals surface area contributed by atoms with Gasteiger partial charge in [0.15, 0.2) is 0 Å². The lowest BCUT2D eigenvalue weighted by Crippen LogP contribution is -2.36. The van der Waals surface area contributed by atoms with Gasteiger partial charge in [0.05, 0.1) is 0 Å². The van der Waals surface area contributed by atoms with Gasteiger partial charge in [0, 0.05) is 0 Å². The fraction of sp³-hybridized carbons (Fsp3) is 1.00. The molecule has 0 fully saturated rings. The van der Waals surface area contributed by atoms with Crippen LogP contribution in [0.2, 0.25) is 0 Å². The highest BCUT2D eigenvalue weighted by molar-refractivity contribution is 6.70. The zero-order chi connectivity index (χ0) is 7.00. The third kappa shape index (κ3) is 2.58. The molecule has 0 bridgehead atoms. The van der Waals surface area contributed by atoms with Crippen LogP contribution in [0.15, 0.2) is 0 Å². The molecule has 2 N–H and O–H groups in total. The van der Waals surface area contributed by atoms with Crippen LogP contribution in [-0.4, -0.2) is 19.3 Å². The van der Waals surface area contributed by atoms with Crippen molar-refractivity contribution in [3.05, 3.63) is 0 Å². The van der Waals surface area contributed by atoms with Crippen molar-refractivity contribution in [1.82, 2.24) is 0 Å². The van der Waals surface area contributed by atoms with Gasteiger partial charge in [-0.25, -0.2) is 0 Å². The summed E-state index contributed by atoms with van der Waals surface area (Å²) in [6, 6.07) is 0. The summed E-state index contributed by atoms with van der Waals surface area (Å²) in [7, 11) is 0. The number of alkyl halides is 4. The van der Waals surface area contributed by atoms with Crippen molar-refractivity contribution in [3.8, 4) is 0 Å². The largest absolute Gasteiger partial charge is 0.350 e. The number of hydrogen-bond donors (Lipinski definition) is 2. The predicted molar refractivity (Wildman–Crippen MR) is 33.3 cm³/mol. The van der Waals surface area contributed by atoms with Gasteiger partial charge in [-0.3, -0.25) is 0 Å². The lowest BCUT2D eigenvalue weighted by atomic mass is 10.7. The molecular weight excluding hydrogens is 198 g/mol. The Bertz CT molecular complexity index is 67.0. The second kappa shape index (κ2) is 2.37. The maximum absolute atomic E-state index is 8.28. The van der Waals surface area contributed by atoms with Gasteiger partial charge in [-0.05, 0) is 0 Å². The van der Waals surface area contributed by atoms with Crippen LogP contribution in [0.5, 0.6) is 0 Å². The van der Waals surface area contributed by atoms with Crippen molar-refractivity contribution in [3.63, 3.8) is 0 Å². The molecule has 0 aromatic carbocycles. The first-order chi connectivity index (χ1) is 3.25. The van der Waals surface area contributed by atoms with Gasteiger partial charge in [-0.15, -0.1) is 0 Å². The van der Waals surface area contributed by atoms with Gasteiger partial charge in [0.1, 0.15) is 0 Å². The summed E-state index contributed by atoms with van der Waals surface area (Å²) in [6.45, 7) is 0. The molecule has 0 aromatic heterocycles. The second-order valence-electron chi connectivity index (χ2n) is 1.08. The van der Waals surface area contributed by atoms with Crippen LogP contribution in [-0.2, 0) is 0 Å². The Morgan fingerprint density at radius 3 is 1.00 bits per heavy atom. The Balaban J connectivity index is 4.02. The maximum Gasteiger partial charge on any atom is 0.292 e. The molecule has 0 saturated heterocycles. The predicted octanol–water partition coefficient (Wildman–Crippen LogP) is 1.23. The molecule has 2 nitrogen and oxygen atoms in total. The fourth-order valence-corrected chi connectivity index (χ4v) is 0. The lowest BCUT2D eigenvalue weighted by molar-refractivity contribution is -0.0799. The van der Waals surface area contributed by atoms with Crippen LogP contribution < -0.4 is 0 Å². The van der Waals surface area contributed by atoms with E-state index >= 15 is 0 Å². The lowest BCUT2D eigenvalue weighted by Gasteiger charge is -2.20. The van der Waals surface area contributed by atoms with Crippen LogP contribution >= 0.6 is 46.4 Å². The molecule has 0 aliphatic carbocycles. The number of rotatable bonds is 0. The van der Waals surface area contributed by atoms with Crippen LogP contribution in [0.4, 0.5) is 0 Å². The second-order valence-corrected chi connectivity index (χ2v) is 3.89. The third-order valence-corrected chi connectivity index (χ3v) is 1.72. The molecule has 0 aliphatic heterocycles. The van der Waals surface area contributed by atoms with Crippen molar-refractivity contribution in [1.29, 1.82) is 0 Å². The van der Waals surface area contributed by atoms with Gasteiger partial charge >= 0.3 is 0 Å². The van der Waals surface area contributed by atoms with Crippen molar-refractivity contribution >= 4 is 46.4 Å². The van der Waals surface area contributed by atoms with E-state index in [1.165, 1.54) is 0 Å². The van der Waals surface area contributed by atoms with Crippen LogP contribution in [0.25, 0.3) is 0 Å². The van der Waals surface area contributed by atoms with E-state index in [1.54, 1.807) is 0 Å². The third-order valence-electron chi connectivity index (χ3n) is 0.361. The number of aliphatic hydroxyl groups is 2. The molecule has 0 radical (unpaired) electrons. The van der Waals surface area contributed by atoms with Crippen LogP contribution in [0, 0.1) is 0 Å². The van der Waals surface area contributed by atoms with Crippen molar-refractivity contribution in [2.45, 2.75) is 9.04 Å². The van der Waals surface area contributed by atoms with Crippen LogP contribution in [0.3, 0.4) is 0 Å². The van der Waals surface area contributed by atoms with Crippen molar-refractivity contribution in [2.24, 2.45) is 0 Å². The Hall–Kier alpha value is 1.08. The molecule has 0 unspecified atom stereocenters. The summed E-state index contributed by atoms with van der Waals surface area (Å²) >= 11 is 19.4. The summed E-state index contributed by atoms with van der Waals surface area (Å²) in [5, 5.41) is 13.8. The molecule has 0 aromatic rings. The van der Waals surface area contributed by atoms with Gasteiger partial charge in [-0.1, -0.05) is 46.4 Å². The van der Waals surface area contributed by atoms with Crippen LogP contribution in [0.1, 0.15) is 0 Å². The monoisotopic (exact) mass is 198 g/mol. The average Bonchev–Trinajstić information content (AvgIpc) is 1.25.